The number of hydrogen-bond donors (Lipinski definition) is 1. The molecule has 9 heteroatoms. The van der Waals surface area contributed by atoms with Crippen LogP contribution in [0.5, 0.6) is 0 Å². The Bertz CT molecular complexity index is 1220. The van der Waals surface area contributed by atoms with Crippen LogP contribution in [0.15, 0.2) is 54.6 Å². The summed E-state index contributed by atoms with van der Waals surface area (Å²) in [6, 6.07) is 12.7. The number of carbonyl (C=O) groups excluding carboxylic acids is 1. The van der Waals surface area contributed by atoms with Crippen molar-refractivity contribution < 1.29 is 4.79 Å². The van der Waals surface area contributed by atoms with Gasteiger partial charge in [0.1, 0.15) is 0 Å². The number of fused-ring (bicyclic) bond motifs is 1. The second-order valence-corrected chi connectivity index (χ2v) is 9.93. The number of hydrogen-bond acceptors (Lipinski definition) is 3. The first kappa shape index (κ1) is 25.1. The lowest BCUT2D eigenvalue weighted by molar-refractivity contribution is 0.0811. The molecule has 2 unspecified atom stereocenters. The van der Waals surface area contributed by atoms with E-state index in [1.165, 1.54) is 0 Å². The molecule has 1 amide bonds. The Morgan fingerprint density at radius 1 is 0.971 bits per heavy atom. The van der Waals surface area contributed by atoms with E-state index in [9.17, 15) is 4.79 Å². The topological polar surface area (TPSA) is 50.2 Å². The molecule has 5 rings (SSSR count). The largest absolute Gasteiger partial charge is 0.286 e. The smallest absolute Gasteiger partial charge is 0.283 e. The number of nitrogens with zero attached hydrogens (tertiary/aromatic N) is 3. The van der Waals surface area contributed by atoms with E-state index in [4.69, 9.17) is 39.9 Å². The van der Waals surface area contributed by atoms with E-state index in [0.29, 0.717) is 38.3 Å². The Morgan fingerprint density at radius 2 is 1.59 bits per heavy atom. The summed E-state index contributed by atoms with van der Waals surface area (Å²) in [7, 11) is 0. The molecule has 1 fully saturated rings. The average molecular weight is 538 g/mol. The Labute approximate surface area is 220 Å². The van der Waals surface area contributed by atoms with Gasteiger partial charge in [0, 0.05) is 34.3 Å². The van der Waals surface area contributed by atoms with E-state index in [2.05, 4.69) is 17.6 Å². The highest BCUT2D eigenvalue weighted by molar-refractivity contribution is 6.35. The fourth-order valence-corrected chi connectivity index (χ4v) is 5.40. The standard InChI is InChI=1S/C25H23Cl3N4O.ClH/c1-15-23(25(33)30-31-13-17-4-2-3-5-18(17)14-31)29-32(22-11-10-20(27)12-21(22)28)24(15)16-6-8-19(26)9-7-16;/h2-3,6-12,17-18H,4-5,13-14H2,1H3,(H,30,33);1H. The quantitative estimate of drug-likeness (QED) is 0.373. The van der Waals surface area contributed by atoms with Gasteiger partial charge < -0.3 is 0 Å². The molecule has 2 aromatic carbocycles. The molecule has 34 heavy (non-hydrogen) atoms. The van der Waals surface area contributed by atoms with E-state index >= 15 is 0 Å². The molecule has 1 saturated heterocycles. The van der Waals surface area contributed by atoms with Gasteiger partial charge in [0.15, 0.2) is 5.69 Å². The van der Waals surface area contributed by atoms with Crippen molar-refractivity contribution >= 4 is 53.1 Å². The molecule has 0 radical (unpaired) electrons. The first-order valence-corrected chi connectivity index (χ1v) is 12.1. The van der Waals surface area contributed by atoms with Crippen LogP contribution in [0.4, 0.5) is 0 Å². The maximum atomic E-state index is 13.3. The molecular weight excluding hydrogens is 514 g/mol. The number of carbonyl (C=O) groups is 1. The summed E-state index contributed by atoms with van der Waals surface area (Å²) in [5.41, 5.74) is 6.51. The summed E-state index contributed by atoms with van der Waals surface area (Å²) in [5.74, 6) is 0.955. The van der Waals surface area contributed by atoms with Gasteiger partial charge in [-0.3, -0.25) is 10.2 Å². The lowest BCUT2D eigenvalue weighted by Crippen LogP contribution is -2.41. The van der Waals surface area contributed by atoms with Crippen LogP contribution >= 0.6 is 47.2 Å². The third-order valence-electron chi connectivity index (χ3n) is 6.47. The SMILES string of the molecule is Cc1c(C(=O)NN2CC3CC=CCC3C2)nn(-c2ccc(Cl)cc2Cl)c1-c1ccc(Cl)cc1.Cl. The summed E-state index contributed by atoms with van der Waals surface area (Å²) in [5, 5.41) is 8.35. The Balaban J connectivity index is 0.00000274. The van der Waals surface area contributed by atoms with Crippen LogP contribution < -0.4 is 5.43 Å². The zero-order valence-corrected chi connectivity index (χ0v) is 21.6. The van der Waals surface area contributed by atoms with Crippen molar-refractivity contribution in [3.63, 3.8) is 0 Å². The summed E-state index contributed by atoms with van der Waals surface area (Å²) in [4.78, 5) is 13.3. The monoisotopic (exact) mass is 536 g/mol. The van der Waals surface area contributed by atoms with Gasteiger partial charge in [-0.15, -0.1) is 12.4 Å². The van der Waals surface area contributed by atoms with Gasteiger partial charge in [0.25, 0.3) is 5.91 Å². The van der Waals surface area contributed by atoms with Crippen LogP contribution in [0.2, 0.25) is 15.1 Å². The molecule has 1 aliphatic carbocycles. The zero-order valence-electron chi connectivity index (χ0n) is 18.5. The van der Waals surface area contributed by atoms with Crippen LogP contribution in [0.25, 0.3) is 16.9 Å². The molecule has 178 valence electrons. The second-order valence-electron chi connectivity index (χ2n) is 8.65. The minimum absolute atomic E-state index is 0. The minimum atomic E-state index is -0.224. The summed E-state index contributed by atoms with van der Waals surface area (Å²) in [6.07, 6.45) is 6.63. The molecular formula is C25H24Cl4N4O. The maximum Gasteiger partial charge on any atom is 0.286 e. The molecule has 2 atom stereocenters. The van der Waals surface area contributed by atoms with E-state index < -0.39 is 0 Å². The average Bonchev–Trinajstić information content (AvgIpc) is 3.35. The van der Waals surface area contributed by atoms with Crippen molar-refractivity contribution in [1.82, 2.24) is 20.2 Å². The predicted molar refractivity (Wildman–Crippen MR) is 140 cm³/mol. The van der Waals surface area contributed by atoms with Gasteiger partial charge in [0.2, 0.25) is 0 Å². The van der Waals surface area contributed by atoms with Crippen molar-refractivity contribution in [2.24, 2.45) is 11.8 Å². The molecule has 0 saturated carbocycles. The third-order valence-corrected chi connectivity index (χ3v) is 7.26. The Hall–Kier alpha value is -2.02. The molecule has 5 nitrogen and oxygen atoms in total. The lowest BCUT2D eigenvalue weighted by atomic mass is 9.86. The van der Waals surface area contributed by atoms with Crippen LogP contribution in [0.3, 0.4) is 0 Å². The summed E-state index contributed by atoms with van der Waals surface area (Å²) in [6.45, 7) is 3.61. The fourth-order valence-electron chi connectivity index (χ4n) is 4.79. The first-order chi connectivity index (χ1) is 15.9. The Morgan fingerprint density at radius 3 is 2.21 bits per heavy atom. The highest BCUT2D eigenvalue weighted by Crippen LogP contribution is 2.34. The number of nitrogens with one attached hydrogen (secondary N) is 1. The van der Waals surface area contributed by atoms with Crippen molar-refractivity contribution in [2.45, 2.75) is 19.8 Å². The third kappa shape index (κ3) is 4.86. The van der Waals surface area contributed by atoms with E-state index in [1.54, 1.807) is 22.9 Å². The van der Waals surface area contributed by atoms with E-state index in [1.807, 2.05) is 36.2 Å². The first-order valence-electron chi connectivity index (χ1n) is 10.9. The lowest BCUT2D eigenvalue weighted by Gasteiger charge is -2.18. The van der Waals surface area contributed by atoms with Crippen molar-refractivity contribution in [2.75, 3.05) is 13.1 Å². The van der Waals surface area contributed by atoms with Gasteiger partial charge in [-0.1, -0.05) is 59.1 Å². The fraction of sp³-hybridized carbons (Fsp3) is 0.280. The van der Waals surface area contributed by atoms with Crippen LogP contribution in [-0.2, 0) is 0 Å². The number of benzene rings is 2. The molecule has 2 aliphatic rings. The molecule has 1 aliphatic heterocycles. The molecule has 3 aromatic rings. The van der Waals surface area contributed by atoms with Crippen LogP contribution in [-0.4, -0.2) is 33.8 Å². The highest BCUT2D eigenvalue weighted by atomic mass is 35.5. The molecule has 0 bridgehead atoms. The normalized spacial score (nSPS) is 19.5. The number of amides is 1. The minimum Gasteiger partial charge on any atom is -0.283 e. The number of allylic oxidation sites excluding steroid dienone is 2. The molecule has 1 aromatic heterocycles. The van der Waals surface area contributed by atoms with Crippen LogP contribution in [0.1, 0.15) is 28.9 Å². The summed E-state index contributed by atoms with van der Waals surface area (Å²) >= 11 is 18.7. The van der Waals surface area contributed by atoms with E-state index in [0.717, 1.165) is 42.8 Å². The number of halogens is 4. The highest BCUT2D eigenvalue weighted by Gasteiger charge is 2.34. The van der Waals surface area contributed by atoms with Crippen molar-refractivity contribution in [1.29, 1.82) is 0 Å². The number of rotatable bonds is 4. The second kappa shape index (κ2) is 10.3. The summed E-state index contributed by atoms with van der Waals surface area (Å²) < 4.78 is 1.71. The van der Waals surface area contributed by atoms with Crippen molar-refractivity contribution in [3.05, 3.63) is 80.9 Å². The van der Waals surface area contributed by atoms with Gasteiger partial charge in [0.05, 0.1) is 16.4 Å². The zero-order chi connectivity index (χ0) is 23.1. The van der Waals surface area contributed by atoms with Gasteiger partial charge in [-0.25, -0.2) is 9.69 Å². The van der Waals surface area contributed by atoms with Gasteiger partial charge >= 0.3 is 0 Å². The maximum absolute atomic E-state index is 13.3. The van der Waals surface area contributed by atoms with Gasteiger partial charge in [-0.05, 0) is 61.9 Å². The molecule has 2 heterocycles. The molecule has 0 spiro atoms. The van der Waals surface area contributed by atoms with Crippen LogP contribution in [0, 0.1) is 18.8 Å². The van der Waals surface area contributed by atoms with Crippen molar-refractivity contribution in [3.8, 4) is 16.9 Å². The molecule has 1 N–H and O–H groups in total. The number of hydrazine groups is 1. The number of aromatic nitrogens is 2. The van der Waals surface area contributed by atoms with Gasteiger partial charge in [-0.2, -0.15) is 5.10 Å². The Kier molecular flexibility index (Phi) is 7.60. The van der Waals surface area contributed by atoms with E-state index in [-0.39, 0.29) is 18.3 Å². The predicted octanol–water partition coefficient (Wildman–Crippen LogP) is 6.77.